The molecule has 0 aliphatic carbocycles. The smallest absolute Gasteiger partial charge is 0.239 e. The number of nitrogens with zero attached hydrogens (tertiary/aromatic N) is 4. The van der Waals surface area contributed by atoms with Crippen LogP contribution in [-0.4, -0.2) is 65.0 Å². The molecule has 0 radical (unpaired) electrons. The van der Waals surface area contributed by atoms with Gasteiger partial charge in [0.25, 0.3) is 0 Å². The van der Waals surface area contributed by atoms with Crippen molar-refractivity contribution in [3.63, 3.8) is 0 Å². The molecule has 2 heterocycles. The Balaban J connectivity index is 0.00000220. The van der Waals surface area contributed by atoms with Gasteiger partial charge in [0, 0.05) is 38.6 Å². The first-order chi connectivity index (χ1) is 9.72. The molecule has 0 unspecified atom stereocenters. The number of piperazine rings is 1. The van der Waals surface area contributed by atoms with Crippen molar-refractivity contribution in [2.75, 3.05) is 43.1 Å². The highest BCUT2D eigenvalue weighted by atomic mass is 35.5. The highest BCUT2D eigenvalue weighted by Crippen LogP contribution is 2.12. The Labute approximate surface area is 135 Å². The Kier molecular flexibility index (Phi) is 7.77. The van der Waals surface area contributed by atoms with Gasteiger partial charge in [0.15, 0.2) is 0 Å². The fourth-order valence-corrected chi connectivity index (χ4v) is 2.70. The molecule has 1 amide bonds. The van der Waals surface area contributed by atoms with Gasteiger partial charge < -0.3 is 15.5 Å². The fourth-order valence-electron chi connectivity index (χ4n) is 2.21. The summed E-state index contributed by atoms with van der Waals surface area (Å²) in [6.07, 6.45) is 7.86. The number of hydrogen-bond acceptors (Lipinski definition) is 6. The van der Waals surface area contributed by atoms with E-state index in [0.717, 1.165) is 31.1 Å². The molecule has 1 fully saturated rings. The summed E-state index contributed by atoms with van der Waals surface area (Å²) in [6.45, 7) is 2.95. The summed E-state index contributed by atoms with van der Waals surface area (Å²) in [5.74, 6) is 1.86. The summed E-state index contributed by atoms with van der Waals surface area (Å²) in [5, 5.41) is 0. The van der Waals surface area contributed by atoms with E-state index in [4.69, 9.17) is 5.73 Å². The first-order valence-electron chi connectivity index (χ1n) is 6.76. The van der Waals surface area contributed by atoms with E-state index >= 15 is 0 Å². The number of halogens is 1. The number of thioether (sulfide) groups is 1. The van der Waals surface area contributed by atoms with Crippen molar-refractivity contribution in [2.45, 2.75) is 12.5 Å². The van der Waals surface area contributed by atoms with Gasteiger partial charge in [-0.1, -0.05) is 0 Å². The number of carbonyl (C=O) groups is 1. The van der Waals surface area contributed by atoms with Crippen LogP contribution >= 0.6 is 24.2 Å². The third-order valence-electron chi connectivity index (χ3n) is 3.42. The summed E-state index contributed by atoms with van der Waals surface area (Å²) in [6, 6.07) is -0.370. The molecule has 8 heteroatoms. The zero-order valence-corrected chi connectivity index (χ0v) is 13.8. The molecule has 0 spiro atoms. The van der Waals surface area contributed by atoms with Crippen molar-refractivity contribution in [3.05, 3.63) is 18.6 Å². The molecular formula is C13H22ClN5OS. The molecule has 1 atom stereocenters. The summed E-state index contributed by atoms with van der Waals surface area (Å²) in [7, 11) is 0. The quantitative estimate of drug-likeness (QED) is 0.853. The van der Waals surface area contributed by atoms with Gasteiger partial charge >= 0.3 is 0 Å². The van der Waals surface area contributed by atoms with E-state index in [9.17, 15) is 4.79 Å². The van der Waals surface area contributed by atoms with Crippen LogP contribution in [-0.2, 0) is 4.79 Å². The van der Waals surface area contributed by atoms with E-state index in [1.54, 1.807) is 30.4 Å². The van der Waals surface area contributed by atoms with Crippen LogP contribution in [0.5, 0.6) is 0 Å². The number of aromatic nitrogens is 2. The van der Waals surface area contributed by atoms with Gasteiger partial charge in [-0.25, -0.2) is 4.98 Å². The number of rotatable bonds is 5. The van der Waals surface area contributed by atoms with Crippen LogP contribution in [0.3, 0.4) is 0 Å². The van der Waals surface area contributed by atoms with E-state index in [1.165, 1.54) is 0 Å². The van der Waals surface area contributed by atoms with Gasteiger partial charge in [-0.2, -0.15) is 11.8 Å². The lowest BCUT2D eigenvalue weighted by Gasteiger charge is -2.36. The molecule has 6 nitrogen and oxygen atoms in total. The predicted molar refractivity (Wildman–Crippen MR) is 89.0 cm³/mol. The Hall–Kier alpha value is -1.05. The molecule has 0 bridgehead atoms. The average molecular weight is 332 g/mol. The Morgan fingerprint density at radius 3 is 2.67 bits per heavy atom. The highest BCUT2D eigenvalue weighted by molar-refractivity contribution is 7.98. The molecule has 21 heavy (non-hydrogen) atoms. The van der Waals surface area contributed by atoms with Crippen LogP contribution in [0, 0.1) is 0 Å². The summed E-state index contributed by atoms with van der Waals surface area (Å²) < 4.78 is 0. The summed E-state index contributed by atoms with van der Waals surface area (Å²) in [5.41, 5.74) is 5.94. The third-order valence-corrected chi connectivity index (χ3v) is 4.06. The maximum Gasteiger partial charge on any atom is 0.239 e. The van der Waals surface area contributed by atoms with E-state index in [1.807, 2.05) is 11.2 Å². The second kappa shape index (κ2) is 9.07. The average Bonchev–Trinajstić information content (AvgIpc) is 2.53. The zero-order valence-electron chi connectivity index (χ0n) is 12.1. The minimum Gasteiger partial charge on any atom is -0.352 e. The van der Waals surface area contributed by atoms with E-state index in [0.29, 0.717) is 13.1 Å². The molecule has 1 aliphatic heterocycles. The molecule has 1 aliphatic rings. The first kappa shape index (κ1) is 18.0. The topological polar surface area (TPSA) is 75.4 Å². The van der Waals surface area contributed by atoms with Gasteiger partial charge in [0.2, 0.25) is 5.91 Å². The Morgan fingerprint density at radius 2 is 2.10 bits per heavy atom. The van der Waals surface area contributed by atoms with Gasteiger partial charge in [-0.3, -0.25) is 9.78 Å². The molecular weight excluding hydrogens is 310 g/mol. The van der Waals surface area contributed by atoms with Crippen molar-refractivity contribution in [1.82, 2.24) is 14.9 Å². The lowest BCUT2D eigenvalue weighted by atomic mass is 10.2. The van der Waals surface area contributed by atoms with Crippen LogP contribution in [0.1, 0.15) is 6.42 Å². The summed E-state index contributed by atoms with van der Waals surface area (Å²) >= 11 is 1.72. The van der Waals surface area contributed by atoms with Crippen LogP contribution < -0.4 is 10.6 Å². The lowest BCUT2D eigenvalue weighted by Crippen LogP contribution is -2.53. The predicted octanol–water partition coefficient (Wildman–Crippen LogP) is 0.627. The maximum atomic E-state index is 12.2. The third kappa shape index (κ3) is 5.01. The molecule has 1 saturated heterocycles. The fraction of sp³-hybridized carbons (Fsp3) is 0.615. The number of hydrogen-bond donors (Lipinski definition) is 1. The van der Waals surface area contributed by atoms with Gasteiger partial charge in [-0.05, 0) is 18.4 Å². The SMILES string of the molecule is CSCC[C@H](N)C(=O)N1CCN(c2cnccn2)CC1.Cl. The van der Waals surface area contributed by atoms with Crippen LogP contribution in [0.25, 0.3) is 0 Å². The van der Waals surface area contributed by atoms with Gasteiger partial charge in [0.1, 0.15) is 5.82 Å². The molecule has 2 rings (SSSR count). The summed E-state index contributed by atoms with van der Waals surface area (Å²) in [4.78, 5) is 24.5. The minimum absolute atomic E-state index is 0. The van der Waals surface area contributed by atoms with Crippen molar-refractivity contribution in [3.8, 4) is 0 Å². The molecule has 2 N–H and O–H groups in total. The van der Waals surface area contributed by atoms with E-state index < -0.39 is 0 Å². The van der Waals surface area contributed by atoms with Crippen molar-refractivity contribution >= 4 is 35.9 Å². The van der Waals surface area contributed by atoms with Crippen molar-refractivity contribution in [2.24, 2.45) is 5.73 Å². The second-order valence-corrected chi connectivity index (χ2v) is 5.75. The minimum atomic E-state index is -0.370. The number of amides is 1. The Morgan fingerprint density at radius 1 is 1.38 bits per heavy atom. The standard InChI is InChI=1S/C13H21N5OS.ClH/c1-20-9-2-11(14)13(19)18-7-5-17(6-8-18)12-10-15-3-4-16-12;/h3-4,10-11H,2,5-9,14H2,1H3;1H/t11-;/m0./s1. The second-order valence-electron chi connectivity index (χ2n) is 4.76. The van der Waals surface area contributed by atoms with Crippen LogP contribution in [0.2, 0.25) is 0 Å². The number of carbonyl (C=O) groups excluding carboxylic acids is 1. The molecule has 0 aromatic carbocycles. The van der Waals surface area contributed by atoms with Crippen molar-refractivity contribution < 1.29 is 4.79 Å². The van der Waals surface area contributed by atoms with E-state index in [2.05, 4.69) is 14.9 Å². The highest BCUT2D eigenvalue weighted by Gasteiger charge is 2.25. The van der Waals surface area contributed by atoms with Crippen molar-refractivity contribution in [1.29, 1.82) is 0 Å². The lowest BCUT2D eigenvalue weighted by molar-refractivity contribution is -0.132. The normalized spacial score (nSPS) is 16.3. The van der Waals surface area contributed by atoms with E-state index in [-0.39, 0.29) is 24.4 Å². The Bertz CT molecular complexity index is 428. The first-order valence-corrected chi connectivity index (χ1v) is 8.16. The number of nitrogens with two attached hydrogens (primary N) is 1. The molecule has 0 saturated carbocycles. The zero-order chi connectivity index (χ0) is 14.4. The number of anilines is 1. The van der Waals surface area contributed by atoms with Crippen LogP contribution in [0.15, 0.2) is 18.6 Å². The maximum absolute atomic E-state index is 12.2. The van der Waals surface area contributed by atoms with Crippen LogP contribution in [0.4, 0.5) is 5.82 Å². The monoisotopic (exact) mass is 331 g/mol. The van der Waals surface area contributed by atoms with Gasteiger partial charge in [0.05, 0.1) is 12.2 Å². The largest absolute Gasteiger partial charge is 0.352 e. The van der Waals surface area contributed by atoms with Gasteiger partial charge in [-0.15, -0.1) is 12.4 Å². The molecule has 1 aromatic heterocycles. The molecule has 1 aromatic rings. The molecule has 118 valence electrons.